The number of nitrogens with one attached hydrogen (secondary N) is 2. The fourth-order valence-electron chi connectivity index (χ4n) is 3.48. The predicted octanol–water partition coefficient (Wildman–Crippen LogP) is 3.48. The van der Waals surface area contributed by atoms with E-state index in [1.807, 2.05) is 62.5 Å². The van der Waals surface area contributed by atoms with Gasteiger partial charge in [-0.3, -0.25) is 9.59 Å². The molecule has 1 amide bonds. The molecule has 0 radical (unpaired) electrons. The highest BCUT2D eigenvalue weighted by Crippen LogP contribution is 2.22. The summed E-state index contributed by atoms with van der Waals surface area (Å²) in [5.41, 5.74) is 3.90. The third-order valence-electron chi connectivity index (χ3n) is 4.96. The highest BCUT2D eigenvalue weighted by atomic mass is 16.5. The fraction of sp³-hybridized carbons (Fsp3) is 0.304. The number of carbonyl (C=O) groups is 2. The summed E-state index contributed by atoms with van der Waals surface area (Å²) in [6.07, 6.45) is 2.39. The van der Waals surface area contributed by atoms with Gasteiger partial charge in [0, 0.05) is 23.6 Å². The summed E-state index contributed by atoms with van der Waals surface area (Å²) in [5, 5.41) is 13.4. The Bertz CT molecular complexity index is 992. The number of amides is 1. The third-order valence-corrected chi connectivity index (χ3v) is 4.96. The van der Waals surface area contributed by atoms with Gasteiger partial charge in [-0.25, -0.2) is 0 Å². The number of aliphatic carboxylic acids is 1. The molecule has 1 heterocycles. The van der Waals surface area contributed by atoms with Crippen molar-refractivity contribution in [2.75, 3.05) is 13.2 Å². The van der Waals surface area contributed by atoms with Gasteiger partial charge < -0.3 is 20.1 Å². The molecule has 2 aromatic carbocycles. The minimum Gasteiger partial charge on any atom is -0.494 e. The lowest BCUT2D eigenvalue weighted by Crippen LogP contribution is -2.34. The Morgan fingerprint density at radius 3 is 2.62 bits per heavy atom. The number of rotatable bonds is 9. The van der Waals surface area contributed by atoms with Gasteiger partial charge in [0.15, 0.2) is 0 Å². The van der Waals surface area contributed by atoms with Crippen LogP contribution < -0.4 is 10.1 Å². The highest BCUT2D eigenvalue weighted by Gasteiger charge is 2.20. The number of ether oxygens (including phenoxy) is 1. The molecule has 0 bridgehead atoms. The van der Waals surface area contributed by atoms with E-state index >= 15 is 0 Å². The molecule has 29 heavy (non-hydrogen) atoms. The molecule has 6 nitrogen and oxygen atoms in total. The van der Waals surface area contributed by atoms with Gasteiger partial charge in [-0.2, -0.15) is 0 Å². The maximum atomic E-state index is 12.4. The van der Waals surface area contributed by atoms with Crippen molar-refractivity contribution in [1.82, 2.24) is 10.3 Å². The van der Waals surface area contributed by atoms with E-state index in [0.29, 0.717) is 13.0 Å². The number of hydrogen-bond acceptors (Lipinski definition) is 3. The molecule has 152 valence electrons. The summed E-state index contributed by atoms with van der Waals surface area (Å²) in [5.74, 6) is -1.05. The van der Waals surface area contributed by atoms with Gasteiger partial charge >= 0.3 is 5.97 Å². The second-order valence-electron chi connectivity index (χ2n) is 7.11. The van der Waals surface area contributed by atoms with E-state index in [0.717, 1.165) is 33.3 Å². The van der Waals surface area contributed by atoms with Crippen LogP contribution in [-0.4, -0.2) is 35.1 Å². The van der Waals surface area contributed by atoms with E-state index in [1.54, 1.807) is 0 Å². The lowest BCUT2D eigenvalue weighted by atomic mass is 9.99. The minimum absolute atomic E-state index is 0.0860. The number of benzene rings is 2. The number of hydrogen-bond donors (Lipinski definition) is 3. The van der Waals surface area contributed by atoms with Crippen LogP contribution in [-0.2, 0) is 22.4 Å². The van der Waals surface area contributed by atoms with Crippen molar-refractivity contribution in [3.63, 3.8) is 0 Å². The van der Waals surface area contributed by atoms with Gasteiger partial charge in [-0.1, -0.05) is 24.3 Å². The largest absolute Gasteiger partial charge is 0.494 e. The van der Waals surface area contributed by atoms with Gasteiger partial charge in [0.05, 0.1) is 18.9 Å². The molecule has 1 unspecified atom stereocenters. The molecule has 3 rings (SSSR count). The van der Waals surface area contributed by atoms with E-state index < -0.39 is 11.9 Å². The molecule has 3 N–H and O–H groups in total. The van der Waals surface area contributed by atoms with Crippen LogP contribution in [0.1, 0.15) is 23.6 Å². The molecule has 3 aromatic rings. The van der Waals surface area contributed by atoms with Gasteiger partial charge in [0.1, 0.15) is 5.75 Å². The molecule has 1 aromatic heterocycles. The average molecular weight is 394 g/mol. The molecular formula is C23H26N2O4. The van der Waals surface area contributed by atoms with Crippen LogP contribution in [0.2, 0.25) is 0 Å². The molecular weight excluding hydrogens is 368 g/mol. The second-order valence-corrected chi connectivity index (χ2v) is 7.11. The Labute approximate surface area is 169 Å². The zero-order valence-electron chi connectivity index (χ0n) is 16.7. The average Bonchev–Trinajstić information content (AvgIpc) is 3.10. The Hall–Kier alpha value is -3.28. The highest BCUT2D eigenvalue weighted by molar-refractivity contribution is 5.91. The van der Waals surface area contributed by atoms with Gasteiger partial charge in [0.2, 0.25) is 5.91 Å². The molecule has 0 aliphatic carbocycles. The zero-order valence-corrected chi connectivity index (χ0v) is 16.7. The van der Waals surface area contributed by atoms with Crippen molar-refractivity contribution in [1.29, 1.82) is 0 Å². The first-order valence-electron chi connectivity index (χ1n) is 9.74. The zero-order chi connectivity index (χ0) is 20.8. The van der Waals surface area contributed by atoms with Crippen LogP contribution >= 0.6 is 0 Å². The van der Waals surface area contributed by atoms with Crippen LogP contribution in [0.5, 0.6) is 5.75 Å². The smallest absolute Gasteiger partial charge is 0.308 e. The summed E-state index contributed by atoms with van der Waals surface area (Å²) in [4.78, 5) is 27.2. The number of aromatic nitrogens is 1. The summed E-state index contributed by atoms with van der Waals surface area (Å²) < 4.78 is 5.41. The molecule has 0 saturated heterocycles. The van der Waals surface area contributed by atoms with Crippen LogP contribution in [0.25, 0.3) is 10.9 Å². The summed E-state index contributed by atoms with van der Waals surface area (Å²) in [6.45, 7) is 4.59. The number of carboxylic acid groups (broad SMARTS) is 1. The van der Waals surface area contributed by atoms with Gasteiger partial charge in [-0.15, -0.1) is 0 Å². The molecule has 0 aliphatic rings. The minimum atomic E-state index is -0.929. The van der Waals surface area contributed by atoms with Crippen LogP contribution in [0.15, 0.2) is 48.7 Å². The van der Waals surface area contributed by atoms with Crippen molar-refractivity contribution in [2.45, 2.75) is 26.7 Å². The predicted molar refractivity (Wildman–Crippen MR) is 112 cm³/mol. The Morgan fingerprint density at radius 2 is 1.93 bits per heavy atom. The van der Waals surface area contributed by atoms with Crippen LogP contribution in [0.3, 0.4) is 0 Å². The first kappa shape index (κ1) is 20.5. The standard InChI is InChI=1S/C23H26N2O4/c1-3-29-19-9-7-16(8-10-19)11-18(23(27)28)14-25-21(26)12-17-13-24-20-6-4-5-15(2)22(17)20/h4-10,13,18,24H,3,11-12,14H2,1-2H3,(H,25,26)(H,27,28). The number of carbonyl (C=O) groups excluding carboxylic acids is 1. The number of aryl methyl sites for hydroxylation is 1. The third kappa shape index (κ3) is 5.16. The maximum Gasteiger partial charge on any atom is 0.308 e. The van der Waals surface area contributed by atoms with Crippen molar-refractivity contribution in [3.05, 3.63) is 65.4 Å². The Morgan fingerprint density at radius 1 is 1.17 bits per heavy atom. The Balaban J connectivity index is 1.59. The molecule has 0 aliphatic heterocycles. The van der Waals surface area contributed by atoms with Crippen molar-refractivity contribution in [2.24, 2.45) is 5.92 Å². The lowest BCUT2D eigenvalue weighted by molar-refractivity contribution is -0.141. The first-order chi connectivity index (χ1) is 14.0. The molecule has 0 saturated carbocycles. The Kier molecular flexibility index (Phi) is 6.54. The summed E-state index contributed by atoms with van der Waals surface area (Å²) >= 11 is 0. The van der Waals surface area contributed by atoms with Gasteiger partial charge in [-0.05, 0) is 55.2 Å². The number of fused-ring (bicyclic) bond motifs is 1. The molecule has 1 atom stereocenters. The van der Waals surface area contributed by atoms with Gasteiger partial charge in [0.25, 0.3) is 0 Å². The maximum absolute atomic E-state index is 12.4. The molecule has 0 fully saturated rings. The van der Waals surface area contributed by atoms with E-state index in [-0.39, 0.29) is 18.9 Å². The summed E-state index contributed by atoms with van der Waals surface area (Å²) in [6, 6.07) is 13.3. The van der Waals surface area contributed by atoms with E-state index in [2.05, 4.69) is 10.3 Å². The monoisotopic (exact) mass is 394 g/mol. The second kappa shape index (κ2) is 9.28. The topological polar surface area (TPSA) is 91.4 Å². The van der Waals surface area contributed by atoms with Crippen LogP contribution in [0.4, 0.5) is 0 Å². The van der Waals surface area contributed by atoms with E-state index in [1.165, 1.54) is 0 Å². The fourth-order valence-corrected chi connectivity index (χ4v) is 3.48. The number of aromatic amines is 1. The van der Waals surface area contributed by atoms with E-state index in [4.69, 9.17) is 4.74 Å². The quantitative estimate of drug-likeness (QED) is 0.518. The van der Waals surface area contributed by atoms with E-state index in [9.17, 15) is 14.7 Å². The number of carboxylic acids is 1. The normalized spacial score (nSPS) is 11.9. The SMILES string of the molecule is CCOc1ccc(CC(CNC(=O)Cc2c[nH]c3cccc(C)c23)C(=O)O)cc1. The molecule has 6 heteroatoms. The molecule has 0 spiro atoms. The van der Waals surface area contributed by atoms with Crippen LogP contribution in [0, 0.1) is 12.8 Å². The lowest BCUT2D eigenvalue weighted by Gasteiger charge is -2.14. The first-order valence-corrected chi connectivity index (χ1v) is 9.74. The van der Waals surface area contributed by atoms with Crippen molar-refractivity contribution >= 4 is 22.8 Å². The summed E-state index contributed by atoms with van der Waals surface area (Å²) in [7, 11) is 0. The van der Waals surface area contributed by atoms with Crippen molar-refractivity contribution < 1.29 is 19.4 Å². The number of H-pyrrole nitrogens is 1. The van der Waals surface area contributed by atoms with Crippen molar-refractivity contribution in [3.8, 4) is 5.75 Å².